The molecule has 4 aromatic carbocycles. The summed E-state index contributed by atoms with van der Waals surface area (Å²) in [5.74, 6) is -1.33. The molecule has 4 atom stereocenters. The first-order chi connectivity index (χ1) is 27.5. The molecule has 13 nitrogen and oxygen atoms in total. The van der Waals surface area contributed by atoms with E-state index in [0.717, 1.165) is 5.56 Å². The molecule has 0 radical (unpaired) electrons. The maximum absolute atomic E-state index is 14.4. The molecule has 0 aliphatic heterocycles. The fraction of sp³-hybridized carbons (Fsp3) is 0.381. The van der Waals surface area contributed by atoms with Crippen molar-refractivity contribution in [1.82, 2.24) is 20.3 Å². The minimum atomic E-state index is -4.81. The van der Waals surface area contributed by atoms with Gasteiger partial charge in [-0.2, -0.15) is 0 Å². The maximum atomic E-state index is 14.4. The first-order valence-corrected chi connectivity index (χ1v) is 21.2. The fourth-order valence-electron chi connectivity index (χ4n) is 5.99. The van der Waals surface area contributed by atoms with E-state index in [1.807, 2.05) is 54.6 Å². The van der Waals surface area contributed by atoms with Crippen molar-refractivity contribution in [2.45, 2.75) is 77.3 Å². The number of non-ortho nitro benzene ring substituents is 1. The highest BCUT2D eigenvalue weighted by Crippen LogP contribution is 2.46. The van der Waals surface area contributed by atoms with Gasteiger partial charge < -0.3 is 20.8 Å². The van der Waals surface area contributed by atoms with E-state index in [4.69, 9.17) is 9.05 Å². The predicted octanol–water partition coefficient (Wildman–Crippen LogP) is 7.45. The molecule has 0 aliphatic rings. The number of benzene rings is 4. The molecule has 0 aromatic heterocycles. The molecule has 4 N–H and O–H groups in total. The van der Waals surface area contributed by atoms with Crippen molar-refractivity contribution in [3.63, 3.8) is 0 Å². The second-order valence-corrected chi connectivity index (χ2v) is 17.9. The summed E-state index contributed by atoms with van der Waals surface area (Å²) in [6.45, 7) is 9.65. The van der Waals surface area contributed by atoms with E-state index in [-0.39, 0.29) is 44.3 Å². The summed E-state index contributed by atoms with van der Waals surface area (Å²) >= 11 is 1.22. The van der Waals surface area contributed by atoms with Crippen LogP contribution in [0.4, 0.5) is 10.1 Å². The summed E-state index contributed by atoms with van der Waals surface area (Å²) in [6, 6.07) is 28.2. The van der Waals surface area contributed by atoms with E-state index in [1.165, 1.54) is 36.2 Å². The van der Waals surface area contributed by atoms with Gasteiger partial charge in [-0.05, 0) is 64.6 Å². The zero-order chi connectivity index (χ0) is 42.3. The van der Waals surface area contributed by atoms with Gasteiger partial charge in [0.15, 0.2) is 0 Å². The summed E-state index contributed by atoms with van der Waals surface area (Å²) < 4.78 is 40.9. The quantitative estimate of drug-likeness (QED) is 0.0268. The van der Waals surface area contributed by atoms with Crippen LogP contribution in [0.1, 0.15) is 51.3 Å². The van der Waals surface area contributed by atoms with Gasteiger partial charge in [-0.25, -0.2) is 13.3 Å². The smallest absolute Gasteiger partial charge is 0.349 e. The Morgan fingerprint density at radius 3 is 2.16 bits per heavy atom. The van der Waals surface area contributed by atoms with E-state index < -0.39 is 54.0 Å². The number of carbonyl (C=O) groups is 2. The summed E-state index contributed by atoms with van der Waals surface area (Å²) in [4.78, 5) is 50.6. The normalized spacial score (nSPS) is 14.4. The topological polar surface area (TPSA) is 172 Å². The lowest BCUT2D eigenvalue weighted by Gasteiger charge is -2.36. The number of nitro groups is 1. The Balaban J connectivity index is 1.66. The third-order valence-electron chi connectivity index (χ3n) is 8.73. The molecule has 2 amide bonds. The lowest BCUT2D eigenvalue weighted by atomic mass is 9.85. The number of rotatable bonds is 22. The second-order valence-electron chi connectivity index (χ2n) is 15.4. The number of halogens is 1. The zero-order valence-electron chi connectivity index (χ0n) is 33.4. The van der Waals surface area contributed by atoms with Crippen molar-refractivity contribution >= 4 is 37.3 Å². The molecule has 4 aromatic rings. The van der Waals surface area contributed by atoms with E-state index in [9.17, 15) is 33.6 Å². The molecule has 16 heteroatoms. The lowest BCUT2D eigenvalue weighted by Crippen LogP contribution is -2.59. The number of amides is 2. The molecule has 0 saturated heterocycles. The SMILES string of the molecule is CC(C)CN(CC(OP(=O)(O)OCc1ccccc1)C(Cc1ccccc1)NC(=O)[C@@H](NC(=O)CNCc1cccc(F)c1)C(C)(C)C)Sc1cccc([N+](=O)[O-])c1. The Labute approximate surface area is 344 Å². The van der Waals surface area contributed by atoms with Crippen molar-refractivity contribution in [3.8, 4) is 0 Å². The van der Waals surface area contributed by atoms with E-state index in [2.05, 4.69) is 16.0 Å². The number of nitro benzene ring substituents is 1. The van der Waals surface area contributed by atoms with Gasteiger partial charge in [0.05, 0.1) is 24.1 Å². The molecular formula is C42H53FN5O8PS. The van der Waals surface area contributed by atoms with Crippen LogP contribution in [0, 0.1) is 27.3 Å². The van der Waals surface area contributed by atoms with Crippen LogP contribution in [0.5, 0.6) is 0 Å². The Kier molecular flexibility index (Phi) is 17.6. The van der Waals surface area contributed by atoms with Crippen LogP contribution in [-0.2, 0) is 42.8 Å². The number of phosphoric acid groups is 1. The molecule has 312 valence electrons. The number of phosphoric ester groups is 1. The number of carbonyl (C=O) groups excluding carboxylic acids is 2. The zero-order valence-corrected chi connectivity index (χ0v) is 35.1. The van der Waals surface area contributed by atoms with Gasteiger partial charge in [0.2, 0.25) is 11.8 Å². The standard InChI is InChI=1S/C42H53FN5O8PS/c1-30(2)27-47(58-36-21-13-20-35(24-36)48(51)52)28-38(56-57(53,54)55-29-32-16-10-7-11-17-32)37(23-31-14-8-6-9-15-31)45-41(50)40(42(3,4)5)46-39(49)26-44-25-33-18-12-19-34(43)22-33/h6-22,24,30,37-38,40,44H,23,25-29H2,1-5H3,(H,45,50)(H,46,49)(H,53,54)/t37?,38?,40-/m1/s1. The molecule has 0 heterocycles. The Morgan fingerprint density at radius 1 is 0.897 bits per heavy atom. The Morgan fingerprint density at radius 2 is 1.53 bits per heavy atom. The van der Waals surface area contributed by atoms with Crippen molar-refractivity contribution in [2.75, 3.05) is 19.6 Å². The van der Waals surface area contributed by atoms with Crippen LogP contribution in [0.2, 0.25) is 0 Å². The monoisotopic (exact) mass is 837 g/mol. The van der Waals surface area contributed by atoms with E-state index in [0.29, 0.717) is 22.6 Å². The van der Waals surface area contributed by atoms with Crippen LogP contribution < -0.4 is 16.0 Å². The van der Waals surface area contributed by atoms with Crippen LogP contribution in [0.15, 0.2) is 114 Å². The fourth-order valence-corrected chi connectivity index (χ4v) is 8.12. The van der Waals surface area contributed by atoms with Crippen molar-refractivity contribution in [3.05, 3.63) is 142 Å². The molecule has 0 aliphatic carbocycles. The molecule has 0 spiro atoms. The molecule has 0 bridgehead atoms. The number of nitrogens with one attached hydrogen (secondary N) is 3. The first-order valence-electron chi connectivity index (χ1n) is 18.9. The Hall–Kier alpha value is -4.47. The minimum absolute atomic E-state index is 0.0287. The molecule has 0 fully saturated rings. The van der Waals surface area contributed by atoms with Crippen molar-refractivity contribution in [2.24, 2.45) is 11.3 Å². The molecule has 3 unspecified atom stereocenters. The minimum Gasteiger partial charge on any atom is -0.349 e. The lowest BCUT2D eigenvalue weighted by molar-refractivity contribution is -0.385. The highest BCUT2D eigenvalue weighted by molar-refractivity contribution is 7.97. The molecule has 4 rings (SSSR count). The average molecular weight is 838 g/mol. The number of hydrogen-bond donors (Lipinski definition) is 4. The number of hydrogen-bond acceptors (Lipinski definition) is 10. The summed E-state index contributed by atoms with van der Waals surface area (Å²) in [5, 5.41) is 20.5. The van der Waals surface area contributed by atoms with Crippen LogP contribution in [-0.4, -0.2) is 63.8 Å². The largest absolute Gasteiger partial charge is 0.472 e. The number of nitrogens with zero attached hydrogens (tertiary/aromatic N) is 2. The van der Waals surface area contributed by atoms with Gasteiger partial charge in [-0.3, -0.25) is 28.8 Å². The van der Waals surface area contributed by atoms with Gasteiger partial charge in [0.25, 0.3) is 5.69 Å². The van der Waals surface area contributed by atoms with Crippen LogP contribution >= 0.6 is 19.8 Å². The summed E-state index contributed by atoms with van der Waals surface area (Å²) in [7, 11) is -4.81. The summed E-state index contributed by atoms with van der Waals surface area (Å²) in [6.07, 6.45) is -1.03. The first kappa shape index (κ1) is 46.2. The highest BCUT2D eigenvalue weighted by Gasteiger charge is 2.39. The van der Waals surface area contributed by atoms with Crippen LogP contribution in [0.25, 0.3) is 0 Å². The van der Waals surface area contributed by atoms with Gasteiger partial charge >= 0.3 is 7.82 Å². The van der Waals surface area contributed by atoms with E-state index >= 15 is 0 Å². The van der Waals surface area contributed by atoms with Gasteiger partial charge in [-0.1, -0.05) is 113 Å². The predicted molar refractivity (Wildman–Crippen MR) is 223 cm³/mol. The molecule has 58 heavy (non-hydrogen) atoms. The van der Waals surface area contributed by atoms with Crippen LogP contribution in [0.3, 0.4) is 0 Å². The maximum Gasteiger partial charge on any atom is 0.472 e. The van der Waals surface area contributed by atoms with Gasteiger partial charge in [0, 0.05) is 36.7 Å². The second kappa shape index (κ2) is 22.1. The van der Waals surface area contributed by atoms with Crippen molar-refractivity contribution < 1.29 is 37.4 Å². The van der Waals surface area contributed by atoms with Gasteiger partial charge in [0.1, 0.15) is 18.0 Å². The van der Waals surface area contributed by atoms with Gasteiger partial charge in [-0.15, -0.1) is 0 Å². The summed E-state index contributed by atoms with van der Waals surface area (Å²) in [5.41, 5.74) is 1.20. The third-order valence-corrected chi connectivity index (χ3v) is 10.7. The highest BCUT2D eigenvalue weighted by atomic mass is 32.2. The molecule has 0 saturated carbocycles. The Bertz CT molecular complexity index is 1990. The third kappa shape index (κ3) is 16.1. The van der Waals surface area contributed by atoms with Crippen molar-refractivity contribution in [1.29, 1.82) is 0 Å². The molecular weight excluding hydrogens is 785 g/mol. The average Bonchev–Trinajstić information content (AvgIpc) is 3.16. The van der Waals surface area contributed by atoms with E-state index in [1.54, 1.807) is 69.3 Å².